The summed E-state index contributed by atoms with van der Waals surface area (Å²) < 4.78 is 0. The van der Waals surface area contributed by atoms with E-state index in [0.717, 1.165) is 24.7 Å². The van der Waals surface area contributed by atoms with E-state index in [0.29, 0.717) is 0 Å². The third-order valence-corrected chi connectivity index (χ3v) is 8.19. The molecule has 0 spiro atoms. The van der Waals surface area contributed by atoms with Crippen LogP contribution >= 0.6 is 0 Å². The first kappa shape index (κ1) is 37.0. The van der Waals surface area contributed by atoms with Crippen LogP contribution in [0.3, 0.4) is 0 Å². The molecule has 0 heterocycles. The van der Waals surface area contributed by atoms with Gasteiger partial charge in [-0.05, 0) is 76.0 Å². The maximum atomic E-state index is 2.50. The Balaban J connectivity index is 3.44. The summed E-state index contributed by atoms with van der Waals surface area (Å²) >= 11 is 0. The molecule has 0 aromatic carbocycles. The summed E-state index contributed by atoms with van der Waals surface area (Å²) in [5.41, 5.74) is 0. The molecule has 0 aromatic rings. The molecule has 0 radical (unpaired) electrons. The van der Waals surface area contributed by atoms with Gasteiger partial charge in [-0.2, -0.15) is 0 Å². The van der Waals surface area contributed by atoms with Crippen LogP contribution in [-0.2, 0) is 0 Å². The van der Waals surface area contributed by atoms with Gasteiger partial charge in [0.1, 0.15) is 0 Å². The minimum Gasteiger partial charge on any atom is -0.0882 e. The summed E-state index contributed by atoms with van der Waals surface area (Å²) in [5, 5.41) is 0. The zero-order chi connectivity index (χ0) is 27.8. The lowest BCUT2D eigenvalue weighted by Crippen LogP contribution is -2.08. The molecule has 38 heavy (non-hydrogen) atoms. The molecule has 0 nitrogen and oxygen atoms in total. The molecule has 2 atom stereocenters. The normalized spacial score (nSPS) is 14.1. The Bertz CT molecular complexity index is 498. The van der Waals surface area contributed by atoms with Gasteiger partial charge in [-0.25, -0.2) is 0 Å². The van der Waals surface area contributed by atoms with Crippen LogP contribution in [0.5, 0.6) is 0 Å². The molecular weight excluding hydrogens is 456 g/mol. The van der Waals surface area contributed by atoms with Crippen LogP contribution in [0.1, 0.15) is 182 Å². The largest absolute Gasteiger partial charge is 0.0882 e. The highest BCUT2D eigenvalue weighted by atomic mass is 14.2. The molecule has 2 unspecified atom stereocenters. The molecule has 0 aliphatic carbocycles. The highest BCUT2D eigenvalue weighted by Crippen LogP contribution is 2.24. The molecule has 0 saturated heterocycles. The summed E-state index contributed by atoms with van der Waals surface area (Å²) in [7, 11) is 0. The van der Waals surface area contributed by atoms with Gasteiger partial charge in [0.15, 0.2) is 0 Å². The zero-order valence-corrected chi connectivity index (χ0v) is 26.7. The van der Waals surface area contributed by atoms with Gasteiger partial charge in [0.25, 0.3) is 0 Å². The first-order chi connectivity index (χ1) is 18.7. The predicted octanol–water partition coefficient (Wildman–Crippen LogP) is 13.9. The lowest BCUT2D eigenvalue weighted by Gasteiger charge is -2.19. The van der Waals surface area contributed by atoms with Crippen LogP contribution in [0.25, 0.3) is 0 Å². The summed E-state index contributed by atoms with van der Waals surface area (Å²) in [4.78, 5) is 0. The van der Waals surface area contributed by atoms with E-state index < -0.39 is 0 Å². The van der Waals surface area contributed by atoms with E-state index in [1.807, 2.05) is 0 Å². The van der Waals surface area contributed by atoms with Gasteiger partial charge >= 0.3 is 0 Å². The standard InChI is InChI=1S/C38H70/c1-5-7-9-11-13-15-17-19-21-23-25-27-29-31-33-35-37(3)38(4)36-34-32-30-28-26-24-22-20-18-16-14-12-10-8-6-2/h13-16,19-22,37-38H,5-12,17-18,23-36H2,1-4H3/b15-13-,16-14-,21-19-,22-20-. The average Bonchev–Trinajstić information content (AvgIpc) is 2.92. The van der Waals surface area contributed by atoms with Crippen LogP contribution in [0.2, 0.25) is 0 Å². The lowest BCUT2D eigenvalue weighted by molar-refractivity contribution is 0.322. The molecule has 0 amide bonds. The Morgan fingerprint density at radius 1 is 0.342 bits per heavy atom. The summed E-state index contributed by atoms with van der Waals surface area (Å²) in [6.45, 7) is 9.54. The Morgan fingerprint density at radius 3 is 0.974 bits per heavy atom. The van der Waals surface area contributed by atoms with Gasteiger partial charge in [-0.1, -0.05) is 166 Å². The van der Waals surface area contributed by atoms with Crippen molar-refractivity contribution < 1.29 is 0 Å². The minimum absolute atomic E-state index is 0.902. The molecule has 0 aromatic heterocycles. The highest BCUT2D eigenvalue weighted by Gasteiger charge is 2.11. The first-order valence-corrected chi connectivity index (χ1v) is 17.3. The Labute approximate surface area is 241 Å². The van der Waals surface area contributed by atoms with E-state index in [1.165, 1.54) is 141 Å². The first-order valence-electron chi connectivity index (χ1n) is 17.3. The smallest absolute Gasteiger partial charge is 0.0169 e. The van der Waals surface area contributed by atoms with Crippen molar-refractivity contribution in [1.82, 2.24) is 0 Å². The molecule has 0 bridgehead atoms. The summed E-state index contributed by atoms with van der Waals surface area (Å²) in [6, 6.07) is 0. The van der Waals surface area contributed by atoms with Crippen molar-refractivity contribution in [2.45, 2.75) is 182 Å². The van der Waals surface area contributed by atoms with Crippen molar-refractivity contribution in [3.05, 3.63) is 48.6 Å². The van der Waals surface area contributed by atoms with Crippen molar-refractivity contribution in [3.63, 3.8) is 0 Å². The molecule has 0 heteroatoms. The SMILES string of the molecule is CCCCC/C=C\C/C=C\CCCCCCCC(C)C(C)CCCCCCC/C=C\C/C=C\CCCCC. The number of allylic oxidation sites excluding steroid dienone is 8. The van der Waals surface area contributed by atoms with Crippen molar-refractivity contribution in [1.29, 1.82) is 0 Å². The fraction of sp³-hybridized carbons (Fsp3) is 0.789. The average molecular weight is 527 g/mol. The van der Waals surface area contributed by atoms with Gasteiger partial charge in [0.2, 0.25) is 0 Å². The van der Waals surface area contributed by atoms with E-state index in [1.54, 1.807) is 0 Å². The minimum atomic E-state index is 0.902. The second-order valence-corrected chi connectivity index (χ2v) is 12.0. The fourth-order valence-corrected chi connectivity index (χ4v) is 5.12. The molecule has 0 fully saturated rings. The van der Waals surface area contributed by atoms with Crippen LogP contribution in [0, 0.1) is 11.8 Å². The summed E-state index contributed by atoms with van der Waals surface area (Å²) in [5.74, 6) is 1.80. The fourth-order valence-electron chi connectivity index (χ4n) is 5.12. The maximum Gasteiger partial charge on any atom is -0.0169 e. The molecule has 222 valence electrons. The number of hydrogen-bond acceptors (Lipinski definition) is 0. The highest BCUT2D eigenvalue weighted by molar-refractivity contribution is 4.93. The van der Waals surface area contributed by atoms with Crippen molar-refractivity contribution in [3.8, 4) is 0 Å². The lowest BCUT2D eigenvalue weighted by atomic mass is 9.86. The van der Waals surface area contributed by atoms with Crippen molar-refractivity contribution >= 4 is 0 Å². The van der Waals surface area contributed by atoms with Crippen molar-refractivity contribution in [2.24, 2.45) is 11.8 Å². The maximum absolute atomic E-state index is 2.50. The van der Waals surface area contributed by atoms with Gasteiger partial charge < -0.3 is 0 Å². The van der Waals surface area contributed by atoms with Crippen LogP contribution in [0.15, 0.2) is 48.6 Å². The number of hydrogen-bond donors (Lipinski definition) is 0. The van der Waals surface area contributed by atoms with Gasteiger partial charge in [-0.15, -0.1) is 0 Å². The molecule has 0 saturated carbocycles. The third-order valence-electron chi connectivity index (χ3n) is 8.19. The molecule has 0 aliphatic rings. The zero-order valence-electron chi connectivity index (χ0n) is 26.7. The second kappa shape index (κ2) is 32.2. The predicted molar refractivity (Wildman–Crippen MR) is 177 cm³/mol. The van der Waals surface area contributed by atoms with Crippen molar-refractivity contribution in [2.75, 3.05) is 0 Å². The van der Waals surface area contributed by atoms with E-state index in [4.69, 9.17) is 0 Å². The van der Waals surface area contributed by atoms with Crippen LogP contribution < -0.4 is 0 Å². The van der Waals surface area contributed by atoms with Gasteiger partial charge in [-0.3, -0.25) is 0 Å². The third kappa shape index (κ3) is 29.5. The topological polar surface area (TPSA) is 0 Å². The van der Waals surface area contributed by atoms with E-state index in [-0.39, 0.29) is 0 Å². The number of unbranched alkanes of at least 4 members (excludes halogenated alkanes) is 16. The number of rotatable bonds is 29. The Morgan fingerprint density at radius 2 is 0.632 bits per heavy atom. The molecule has 0 N–H and O–H groups in total. The molecule has 0 aliphatic heterocycles. The Hall–Kier alpha value is -1.04. The molecule has 0 rings (SSSR count). The molecular formula is C38H70. The van der Waals surface area contributed by atoms with Gasteiger partial charge in [0.05, 0.1) is 0 Å². The van der Waals surface area contributed by atoms with Crippen LogP contribution in [-0.4, -0.2) is 0 Å². The monoisotopic (exact) mass is 527 g/mol. The van der Waals surface area contributed by atoms with Gasteiger partial charge in [0, 0.05) is 0 Å². The van der Waals surface area contributed by atoms with Crippen LogP contribution in [0.4, 0.5) is 0 Å². The quantitative estimate of drug-likeness (QED) is 0.0671. The van der Waals surface area contributed by atoms with E-state index in [9.17, 15) is 0 Å². The van der Waals surface area contributed by atoms with E-state index in [2.05, 4.69) is 76.3 Å². The second-order valence-electron chi connectivity index (χ2n) is 12.0. The summed E-state index contributed by atoms with van der Waals surface area (Å²) in [6.07, 6.45) is 51.3. The van der Waals surface area contributed by atoms with E-state index >= 15 is 0 Å². The Kier molecular flexibility index (Phi) is 31.3.